The Morgan fingerprint density at radius 1 is 1.28 bits per heavy atom. The Bertz CT molecular complexity index is 717. The third-order valence-electron chi connectivity index (χ3n) is 2.21. The molecular weight excluding hydrogens is 270 g/mol. The van der Waals surface area contributed by atoms with Crippen LogP contribution >= 0.6 is 23.1 Å². The van der Waals surface area contributed by atoms with Gasteiger partial charge in [0.2, 0.25) is 11.8 Å². The molecule has 0 bridgehead atoms. The first-order valence-electron chi connectivity index (χ1n) is 5.04. The van der Waals surface area contributed by atoms with Gasteiger partial charge in [-0.3, -0.25) is 0 Å². The number of nitrogens with two attached hydrogens (primary N) is 1. The van der Waals surface area contributed by atoms with Crippen molar-refractivity contribution >= 4 is 34.8 Å². The van der Waals surface area contributed by atoms with Crippen LogP contribution in [0.2, 0.25) is 0 Å². The topological polar surface area (TPSA) is 94.9 Å². The van der Waals surface area contributed by atoms with Crippen LogP contribution in [0.25, 0.3) is 16.6 Å². The van der Waals surface area contributed by atoms with E-state index in [1.54, 1.807) is 0 Å². The third-order valence-corrected chi connectivity index (χ3v) is 3.71. The number of rotatable bonds is 2. The lowest BCUT2D eigenvalue weighted by molar-refractivity contribution is 0.851. The lowest BCUT2D eigenvalue weighted by atomic mass is 10.6. The quantitative estimate of drug-likeness (QED) is 0.705. The van der Waals surface area contributed by atoms with E-state index in [-0.39, 0.29) is 5.95 Å². The van der Waals surface area contributed by atoms with Crippen molar-refractivity contribution in [2.45, 2.75) is 12.1 Å². The molecule has 7 nitrogen and oxygen atoms in total. The van der Waals surface area contributed by atoms with Gasteiger partial charge in [-0.2, -0.15) is 19.5 Å². The number of fused-ring (bicyclic) bond motifs is 1. The molecule has 0 saturated heterocycles. The summed E-state index contributed by atoms with van der Waals surface area (Å²) < 4.78 is 1.42. The number of thioether (sulfide) groups is 1. The maximum atomic E-state index is 5.81. The van der Waals surface area contributed by atoms with Gasteiger partial charge in [0.25, 0.3) is 5.78 Å². The van der Waals surface area contributed by atoms with E-state index in [1.165, 1.54) is 27.6 Å². The number of anilines is 1. The van der Waals surface area contributed by atoms with Crippen LogP contribution in [0.3, 0.4) is 0 Å². The summed E-state index contributed by atoms with van der Waals surface area (Å²) in [5.41, 5.74) is 6.75. The van der Waals surface area contributed by atoms with E-state index in [1.807, 2.05) is 18.6 Å². The van der Waals surface area contributed by atoms with Gasteiger partial charge in [0.15, 0.2) is 10.2 Å². The van der Waals surface area contributed by atoms with E-state index in [4.69, 9.17) is 5.73 Å². The van der Waals surface area contributed by atoms with Gasteiger partial charge in [-0.05, 0) is 13.2 Å². The molecule has 0 unspecified atom stereocenters. The molecule has 0 amide bonds. The summed E-state index contributed by atoms with van der Waals surface area (Å²) in [7, 11) is 0. The minimum absolute atomic E-state index is 0.274. The minimum Gasteiger partial charge on any atom is -0.368 e. The van der Waals surface area contributed by atoms with Crippen molar-refractivity contribution in [3.8, 4) is 10.8 Å². The first kappa shape index (κ1) is 11.4. The van der Waals surface area contributed by atoms with Crippen LogP contribution in [0.15, 0.2) is 10.5 Å². The van der Waals surface area contributed by atoms with Crippen LogP contribution in [0.4, 0.5) is 5.95 Å². The number of nitrogens with zero attached hydrogens (tertiary/aromatic N) is 6. The largest absolute Gasteiger partial charge is 0.368 e. The normalized spacial score (nSPS) is 11.2. The molecule has 0 fully saturated rings. The summed E-state index contributed by atoms with van der Waals surface area (Å²) in [6.07, 6.45) is 1.88. The van der Waals surface area contributed by atoms with Crippen LogP contribution in [0, 0.1) is 6.92 Å². The van der Waals surface area contributed by atoms with Crippen LogP contribution in [0.5, 0.6) is 0 Å². The molecule has 0 atom stereocenters. The van der Waals surface area contributed by atoms with Crippen LogP contribution < -0.4 is 5.73 Å². The first-order valence-corrected chi connectivity index (χ1v) is 7.14. The van der Waals surface area contributed by atoms with Gasteiger partial charge in [0.1, 0.15) is 0 Å². The van der Waals surface area contributed by atoms with Gasteiger partial charge >= 0.3 is 0 Å². The SMILES string of the molecule is CSc1nc(N)n2nc(-c3nc(C)cs3)nc2n1. The Labute approximate surface area is 111 Å². The molecular formula is C9H9N7S2. The highest BCUT2D eigenvalue weighted by atomic mass is 32.2. The Kier molecular flexibility index (Phi) is 2.63. The molecule has 3 rings (SSSR count). The highest BCUT2D eigenvalue weighted by Gasteiger charge is 2.13. The van der Waals surface area contributed by atoms with Gasteiger partial charge in [0, 0.05) is 11.1 Å². The Morgan fingerprint density at radius 3 is 2.78 bits per heavy atom. The average Bonchev–Trinajstić information content (AvgIpc) is 2.94. The van der Waals surface area contributed by atoms with E-state index in [0.29, 0.717) is 16.8 Å². The van der Waals surface area contributed by atoms with E-state index >= 15 is 0 Å². The van der Waals surface area contributed by atoms with Gasteiger partial charge in [-0.25, -0.2) is 4.98 Å². The van der Waals surface area contributed by atoms with Crippen molar-refractivity contribution in [3.05, 3.63) is 11.1 Å². The van der Waals surface area contributed by atoms with Gasteiger partial charge in [-0.1, -0.05) is 11.8 Å². The maximum absolute atomic E-state index is 5.81. The fourth-order valence-corrected chi connectivity index (χ4v) is 2.51. The highest BCUT2D eigenvalue weighted by molar-refractivity contribution is 7.98. The summed E-state index contributed by atoms with van der Waals surface area (Å²) >= 11 is 2.90. The van der Waals surface area contributed by atoms with E-state index in [2.05, 4.69) is 25.0 Å². The first-order chi connectivity index (χ1) is 8.67. The zero-order valence-electron chi connectivity index (χ0n) is 9.65. The predicted molar refractivity (Wildman–Crippen MR) is 70.6 cm³/mol. The monoisotopic (exact) mass is 279 g/mol. The van der Waals surface area contributed by atoms with Gasteiger partial charge in [0.05, 0.1) is 0 Å². The second-order valence-corrected chi connectivity index (χ2v) is 5.14. The second-order valence-electron chi connectivity index (χ2n) is 3.51. The molecule has 3 heterocycles. The number of aromatic nitrogens is 6. The highest BCUT2D eigenvalue weighted by Crippen LogP contribution is 2.21. The molecule has 3 aromatic heterocycles. The summed E-state index contributed by atoms with van der Waals surface area (Å²) in [4.78, 5) is 17.0. The predicted octanol–water partition coefficient (Wildman–Crippen LogP) is 1.26. The van der Waals surface area contributed by atoms with Crippen LogP contribution in [-0.2, 0) is 0 Å². The molecule has 0 spiro atoms. The third kappa shape index (κ3) is 1.81. The zero-order valence-corrected chi connectivity index (χ0v) is 11.3. The number of hydrogen-bond donors (Lipinski definition) is 1. The Balaban J connectivity index is 2.19. The minimum atomic E-state index is 0.274. The van der Waals surface area contributed by atoms with Crippen molar-refractivity contribution in [1.29, 1.82) is 0 Å². The second kappa shape index (κ2) is 4.18. The van der Waals surface area contributed by atoms with E-state index < -0.39 is 0 Å². The van der Waals surface area contributed by atoms with Gasteiger partial charge < -0.3 is 5.73 Å². The van der Waals surface area contributed by atoms with Crippen molar-refractivity contribution in [3.63, 3.8) is 0 Å². The molecule has 0 aromatic carbocycles. The summed E-state index contributed by atoms with van der Waals surface area (Å²) in [6.45, 7) is 1.93. The van der Waals surface area contributed by atoms with E-state index in [0.717, 1.165) is 10.7 Å². The summed E-state index contributed by atoms with van der Waals surface area (Å²) in [5.74, 6) is 1.23. The average molecular weight is 279 g/mol. The maximum Gasteiger partial charge on any atom is 0.258 e. The van der Waals surface area contributed by atoms with Crippen LogP contribution in [0.1, 0.15) is 5.69 Å². The molecule has 0 radical (unpaired) electrons. The standard InChI is InChI=1S/C9H9N7S2/c1-4-3-18-6(11-4)5-12-8-14-9(17-2)13-7(10)16(8)15-5/h3H,1-2H3,(H2,10,12,13,14,15). The summed E-state index contributed by atoms with van der Waals surface area (Å²) in [6, 6.07) is 0. The summed E-state index contributed by atoms with van der Waals surface area (Å²) in [5, 5.41) is 7.54. The van der Waals surface area contributed by atoms with Crippen molar-refractivity contribution in [1.82, 2.24) is 29.5 Å². The number of aryl methyl sites for hydroxylation is 1. The number of hydrogen-bond acceptors (Lipinski definition) is 8. The molecule has 3 aromatic rings. The van der Waals surface area contributed by atoms with Crippen molar-refractivity contribution < 1.29 is 0 Å². The van der Waals surface area contributed by atoms with Crippen molar-refractivity contribution in [2.24, 2.45) is 0 Å². The number of nitrogen functional groups attached to an aromatic ring is 1. The number of thiazole rings is 1. The fourth-order valence-electron chi connectivity index (χ4n) is 1.42. The smallest absolute Gasteiger partial charge is 0.258 e. The van der Waals surface area contributed by atoms with E-state index in [9.17, 15) is 0 Å². The molecule has 0 aliphatic rings. The van der Waals surface area contributed by atoms with Gasteiger partial charge in [-0.15, -0.1) is 16.4 Å². The lowest BCUT2D eigenvalue weighted by Gasteiger charge is -1.97. The lowest BCUT2D eigenvalue weighted by Crippen LogP contribution is -2.04. The molecule has 0 aliphatic heterocycles. The van der Waals surface area contributed by atoms with Crippen molar-refractivity contribution in [2.75, 3.05) is 12.0 Å². The fraction of sp³-hybridized carbons (Fsp3) is 0.222. The Hall–Kier alpha value is -1.74. The Morgan fingerprint density at radius 2 is 2.11 bits per heavy atom. The molecule has 0 saturated carbocycles. The molecule has 2 N–H and O–H groups in total. The molecule has 9 heteroatoms. The molecule has 92 valence electrons. The molecule has 0 aliphatic carbocycles. The molecule has 18 heavy (non-hydrogen) atoms. The zero-order chi connectivity index (χ0) is 12.7. The van der Waals surface area contributed by atoms with Crippen LogP contribution in [-0.4, -0.2) is 35.8 Å².